The SMILES string of the molecule is Cn1c(SCC2(C(=O)OC(c3ccccc3)c3ccccc3)CS[C@@H]3C(N)C(=O)N3C2)n[nH]c(=O)c1=O. The summed E-state index contributed by atoms with van der Waals surface area (Å²) in [7, 11) is 1.45. The molecule has 0 aliphatic carbocycles. The Morgan fingerprint density at radius 2 is 1.78 bits per heavy atom. The number of benzene rings is 2. The summed E-state index contributed by atoms with van der Waals surface area (Å²) < 4.78 is 7.36. The van der Waals surface area contributed by atoms with Gasteiger partial charge in [0.05, 0.1) is 0 Å². The lowest BCUT2D eigenvalue weighted by molar-refractivity contribution is -0.163. The highest BCUT2D eigenvalue weighted by Gasteiger charge is 2.56. The molecule has 3 heterocycles. The van der Waals surface area contributed by atoms with Crippen LogP contribution < -0.4 is 16.9 Å². The zero-order chi connectivity index (χ0) is 26.2. The number of hydrogen-bond acceptors (Lipinski definition) is 9. The van der Waals surface area contributed by atoms with Gasteiger partial charge >= 0.3 is 17.1 Å². The number of nitrogens with zero attached hydrogens (tertiary/aromatic N) is 3. The first-order chi connectivity index (χ1) is 17.8. The number of β-lactam (4-membered cyclic amide) rings is 1. The fourth-order valence-electron chi connectivity index (χ4n) is 4.41. The van der Waals surface area contributed by atoms with Crippen LogP contribution in [0.15, 0.2) is 75.4 Å². The summed E-state index contributed by atoms with van der Waals surface area (Å²) in [6.07, 6.45) is -0.649. The Morgan fingerprint density at radius 1 is 1.16 bits per heavy atom. The number of aromatic nitrogens is 3. The van der Waals surface area contributed by atoms with Gasteiger partial charge in [-0.1, -0.05) is 72.4 Å². The number of nitrogens with two attached hydrogens (primary N) is 1. The number of aromatic amines is 1. The first-order valence-electron chi connectivity index (χ1n) is 11.6. The number of nitrogens with one attached hydrogen (secondary N) is 1. The van der Waals surface area contributed by atoms with Gasteiger partial charge in [0.15, 0.2) is 11.3 Å². The van der Waals surface area contributed by atoms with Crippen molar-refractivity contribution in [2.45, 2.75) is 22.7 Å². The van der Waals surface area contributed by atoms with Gasteiger partial charge in [0.2, 0.25) is 5.91 Å². The zero-order valence-electron chi connectivity index (χ0n) is 19.9. The van der Waals surface area contributed by atoms with Crippen LogP contribution in [0.3, 0.4) is 0 Å². The number of carbonyl (C=O) groups excluding carboxylic acids is 2. The van der Waals surface area contributed by atoms with E-state index in [0.717, 1.165) is 27.5 Å². The van der Waals surface area contributed by atoms with Crippen molar-refractivity contribution < 1.29 is 14.3 Å². The van der Waals surface area contributed by atoms with Crippen LogP contribution >= 0.6 is 23.5 Å². The zero-order valence-corrected chi connectivity index (χ0v) is 21.5. The number of rotatable bonds is 7. The van der Waals surface area contributed by atoms with Gasteiger partial charge in [-0.3, -0.25) is 23.7 Å². The third-order valence-corrected chi connectivity index (χ3v) is 9.49. The molecule has 3 aromatic rings. The molecule has 2 aromatic carbocycles. The van der Waals surface area contributed by atoms with Crippen molar-refractivity contribution in [2.24, 2.45) is 18.2 Å². The predicted octanol–water partition coefficient (Wildman–Crippen LogP) is 1.12. The van der Waals surface area contributed by atoms with Gasteiger partial charge in [-0.15, -0.1) is 16.9 Å². The molecular weight excluding hydrogens is 514 g/mol. The topological polar surface area (TPSA) is 140 Å². The summed E-state index contributed by atoms with van der Waals surface area (Å²) >= 11 is 2.59. The minimum absolute atomic E-state index is 0.136. The lowest BCUT2D eigenvalue weighted by Crippen LogP contribution is -2.72. The molecule has 0 bridgehead atoms. The summed E-state index contributed by atoms with van der Waals surface area (Å²) in [6.45, 7) is 0.136. The minimum Gasteiger partial charge on any atom is -0.452 e. The number of H-pyrrole nitrogens is 1. The molecule has 2 unspecified atom stereocenters. The van der Waals surface area contributed by atoms with Gasteiger partial charge in [0, 0.05) is 25.1 Å². The highest BCUT2D eigenvalue weighted by atomic mass is 32.2. The van der Waals surface area contributed by atoms with E-state index in [1.807, 2.05) is 60.7 Å². The van der Waals surface area contributed by atoms with Crippen molar-refractivity contribution in [1.82, 2.24) is 19.7 Å². The third kappa shape index (κ3) is 4.72. The van der Waals surface area contributed by atoms with E-state index in [-0.39, 0.29) is 28.7 Å². The Kier molecular flexibility index (Phi) is 6.97. The molecule has 5 rings (SSSR count). The fourth-order valence-corrected chi connectivity index (χ4v) is 7.12. The smallest absolute Gasteiger partial charge is 0.330 e. The van der Waals surface area contributed by atoms with Crippen LogP contribution in [0.5, 0.6) is 0 Å². The fraction of sp³-hybridized carbons (Fsp3) is 0.320. The Labute approximate surface area is 220 Å². The minimum atomic E-state index is -1.10. The second kappa shape index (κ2) is 10.2. The maximum atomic E-state index is 14.0. The normalized spacial score (nSPS) is 22.9. The molecule has 2 aliphatic heterocycles. The lowest BCUT2D eigenvalue weighted by atomic mass is 9.89. The molecule has 2 saturated heterocycles. The molecule has 0 saturated carbocycles. The molecule has 3 N–H and O–H groups in total. The van der Waals surface area contributed by atoms with E-state index < -0.39 is 34.6 Å². The van der Waals surface area contributed by atoms with Crippen LogP contribution in [-0.4, -0.2) is 61.0 Å². The van der Waals surface area contributed by atoms with Crippen molar-refractivity contribution in [3.05, 3.63) is 92.5 Å². The molecule has 12 heteroatoms. The van der Waals surface area contributed by atoms with E-state index in [4.69, 9.17) is 10.5 Å². The molecule has 2 aliphatic rings. The molecule has 0 radical (unpaired) electrons. The maximum Gasteiger partial charge on any atom is 0.330 e. The van der Waals surface area contributed by atoms with Gasteiger partial charge in [-0.2, -0.15) is 0 Å². The quantitative estimate of drug-likeness (QED) is 0.196. The average Bonchev–Trinajstić information content (AvgIpc) is 2.94. The molecule has 192 valence electrons. The van der Waals surface area contributed by atoms with E-state index in [1.54, 1.807) is 4.90 Å². The summed E-state index contributed by atoms with van der Waals surface area (Å²) in [6, 6.07) is 18.3. The number of fused-ring (bicyclic) bond motifs is 1. The largest absolute Gasteiger partial charge is 0.452 e. The number of amides is 1. The summed E-state index contributed by atoms with van der Waals surface area (Å²) in [4.78, 5) is 51.8. The number of hydrogen-bond donors (Lipinski definition) is 2. The van der Waals surface area contributed by atoms with Gasteiger partial charge < -0.3 is 15.4 Å². The van der Waals surface area contributed by atoms with Crippen LogP contribution in [-0.2, 0) is 21.4 Å². The van der Waals surface area contributed by atoms with Gasteiger partial charge in [-0.25, -0.2) is 5.10 Å². The average molecular weight is 540 g/mol. The van der Waals surface area contributed by atoms with E-state index in [9.17, 15) is 19.2 Å². The lowest BCUT2D eigenvalue weighted by Gasteiger charge is -2.53. The van der Waals surface area contributed by atoms with Crippen molar-refractivity contribution in [2.75, 3.05) is 18.1 Å². The molecule has 10 nitrogen and oxygen atoms in total. The molecular formula is C25H25N5O5S2. The Hall–Kier alpha value is -3.35. The predicted molar refractivity (Wildman–Crippen MR) is 140 cm³/mol. The second-order valence-corrected chi connectivity index (χ2v) is 11.1. The second-order valence-electron chi connectivity index (χ2n) is 9.07. The third-order valence-electron chi connectivity index (χ3n) is 6.57. The van der Waals surface area contributed by atoms with Crippen LogP contribution in [0.4, 0.5) is 0 Å². The van der Waals surface area contributed by atoms with Crippen LogP contribution in [0.25, 0.3) is 0 Å². The van der Waals surface area contributed by atoms with Crippen molar-refractivity contribution in [3.63, 3.8) is 0 Å². The summed E-state index contributed by atoms with van der Waals surface area (Å²) in [5, 5.41) is 6.23. The van der Waals surface area contributed by atoms with Crippen LogP contribution in [0, 0.1) is 5.41 Å². The standard InChI is InChI=1S/C25H25N5O5S2/c1-29-21(33)19(31)27-28-24(29)37-14-25(12-30-20(32)17(26)22(30)36-13-25)23(34)35-18(15-8-4-2-5-9-15)16-10-6-3-7-11-16/h2-11,17-18,22H,12-14,26H2,1H3,(H,27,31)/t17?,22-,25?/m1/s1. The van der Waals surface area contributed by atoms with E-state index >= 15 is 0 Å². The Bertz CT molecular complexity index is 1390. The molecule has 1 amide bonds. The summed E-state index contributed by atoms with van der Waals surface area (Å²) in [5.74, 6) is -0.134. The number of thioether (sulfide) groups is 2. The molecule has 2 fully saturated rings. The van der Waals surface area contributed by atoms with Crippen molar-refractivity contribution in [1.29, 1.82) is 0 Å². The van der Waals surface area contributed by atoms with Crippen molar-refractivity contribution >= 4 is 35.4 Å². The number of carbonyl (C=O) groups is 2. The highest BCUT2D eigenvalue weighted by molar-refractivity contribution is 8.00. The maximum absolute atomic E-state index is 14.0. The van der Waals surface area contributed by atoms with E-state index in [2.05, 4.69) is 10.2 Å². The Balaban J connectivity index is 1.47. The monoisotopic (exact) mass is 539 g/mol. The van der Waals surface area contributed by atoms with E-state index in [1.165, 1.54) is 18.8 Å². The van der Waals surface area contributed by atoms with Crippen LogP contribution in [0.1, 0.15) is 17.2 Å². The first kappa shape index (κ1) is 25.3. The molecule has 0 spiro atoms. The van der Waals surface area contributed by atoms with Crippen LogP contribution in [0.2, 0.25) is 0 Å². The van der Waals surface area contributed by atoms with Gasteiger partial charge in [0.25, 0.3) is 0 Å². The Morgan fingerprint density at radius 3 is 2.41 bits per heavy atom. The highest BCUT2D eigenvalue weighted by Crippen LogP contribution is 2.45. The molecule has 3 atom stereocenters. The van der Waals surface area contributed by atoms with E-state index in [0.29, 0.717) is 5.75 Å². The summed E-state index contributed by atoms with van der Waals surface area (Å²) in [5.41, 5.74) is 4.94. The van der Waals surface area contributed by atoms with Crippen molar-refractivity contribution in [3.8, 4) is 0 Å². The molecule has 37 heavy (non-hydrogen) atoms. The number of ether oxygens (including phenoxy) is 1. The first-order valence-corrected chi connectivity index (χ1v) is 13.6. The number of esters is 1. The van der Waals surface area contributed by atoms with Gasteiger partial charge in [-0.05, 0) is 11.1 Å². The van der Waals surface area contributed by atoms with Gasteiger partial charge in [0.1, 0.15) is 16.8 Å². The molecule has 1 aromatic heterocycles.